The Balaban J connectivity index is 2.80. The number of hydrogen-bond donors (Lipinski definition) is 2. The summed E-state index contributed by atoms with van der Waals surface area (Å²) in [5, 5.41) is 0.992. The topological polar surface area (TPSA) is 56.0 Å². The third-order valence-electron chi connectivity index (χ3n) is 1.71. The Morgan fingerprint density at radius 2 is 2.45 bits per heavy atom. The van der Waals surface area contributed by atoms with E-state index in [9.17, 15) is 0 Å². The molecular weight excluding hydrogens is 142 g/mol. The standard InChI is InChI=1S/C7H9N3O/c1-11-10-4-6(8)5-2-3-9-7(5)10/h2-4,9H,8H2,1H3. The fraction of sp³-hybridized carbons (Fsp3) is 0.143. The number of rotatable bonds is 1. The van der Waals surface area contributed by atoms with Gasteiger partial charge in [-0.1, -0.05) is 0 Å². The van der Waals surface area contributed by atoms with E-state index in [4.69, 9.17) is 10.6 Å². The van der Waals surface area contributed by atoms with Crippen molar-refractivity contribution in [3.63, 3.8) is 0 Å². The molecule has 0 radical (unpaired) electrons. The summed E-state index contributed by atoms with van der Waals surface area (Å²) in [6.45, 7) is 0. The Labute approximate surface area is 63.5 Å². The van der Waals surface area contributed by atoms with Gasteiger partial charge in [0.05, 0.1) is 11.9 Å². The van der Waals surface area contributed by atoms with E-state index in [1.807, 2.05) is 12.3 Å². The van der Waals surface area contributed by atoms with E-state index in [1.165, 1.54) is 0 Å². The van der Waals surface area contributed by atoms with Crippen LogP contribution in [0.25, 0.3) is 11.0 Å². The van der Waals surface area contributed by atoms with Gasteiger partial charge in [-0.15, -0.1) is 0 Å². The lowest BCUT2D eigenvalue weighted by Gasteiger charge is -1.97. The van der Waals surface area contributed by atoms with Gasteiger partial charge in [0.1, 0.15) is 7.11 Å². The maximum absolute atomic E-state index is 5.68. The van der Waals surface area contributed by atoms with Crippen LogP contribution in [0.2, 0.25) is 0 Å². The zero-order chi connectivity index (χ0) is 7.84. The van der Waals surface area contributed by atoms with Gasteiger partial charge in [0.15, 0.2) is 5.65 Å². The molecule has 0 saturated carbocycles. The van der Waals surface area contributed by atoms with E-state index in [-0.39, 0.29) is 0 Å². The summed E-state index contributed by atoms with van der Waals surface area (Å²) in [5.74, 6) is 0. The number of H-pyrrole nitrogens is 1. The zero-order valence-corrected chi connectivity index (χ0v) is 6.16. The fourth-order valence-electron chi connectivity index (χ4n) is 1.18. The molecule has 0 aliphatic carbocycles. The maximum atomic E-state index is 5.68. The number of nitrogens with one attached hydrogen (secondary N) is 1. The molecule has 0 aromatic carbocycles. The van der Waals surface area contributed by atoms with Gasteiger partial charge in [0.25, 0.3) is 0 Å². The lowest BCUT2D eigenvalue weighted by atomic mass is 10.4. The van der Waals surface area contributed by atoms with Crippen LogP contribution < -0.4 is 10.6 Å². The normalized spacial score (nSPS) is 10.6. The number of aromatic amines is 1. The first-order valence-corrected chi connectivity index (χ1v) is 3.31. The second-order valence-electron chi connectivity index (χ2n) is 2.33. The number of nitrogens with zero attached hydrogens (tertiary/aromatic N) is 1. The SMILES string of the molecule is COn1cc(N)c2cc[nH]c21. The van der Waals surface area contributed by atoms with Crippen molar-refractivity contribution in [1.29, 1.82) is 0 Å². The second-order valence-corrected chi connectivity index (χ2v) is 2.33. The maximum Gasteiger partial charge on any atom is 0.155 e. The number of nitrogen functional groups attached to an aromatic ring is 1. The molecule has 58 valence electrons. The molecule has 0 saturated heterocycles. The second kappa shape index (κ2) is 1.95. The highest BCUT2D eigenvalue weighted by Gasteiger charge is 2.05. The predicted molar refractivity (Wildman–Crippen MR) is 43.2 cm³/mol. The molecular formula is C7H9N3O. The summed E-state index contributed by atoms with van der Waals surface area (Å²) in [6.07, 6.45) is 3.57. The average molecular weight is 151 g/mol. The van der Waals surface area contributed by atoms with E-state index < -0.39 is 0 Å². The van der Waals surface area contributed by atoms with Crippen LogP contribution >= 0.6 is 0 Å². The molecule has 0 fully saturated rings. The highest BCUT2D eigenvalue weighted by atomic mass is 16.6. The van der Waals surface area contributed by atoms with E-state index in [1.54, 1.807) is 18.0 Å². The Hall–Kier alpha value is -1.58. The molecule has 0 spiro atoms. The molecule has 4 heteroatoms. The minimum Gasteiger partial charge on any atom is -0.416 e. The first kappa shape index (κ1) is 6.15. The van der Waals surface area contributed by atoms with Crippen molar-refractivity contribution in [3.05, 3.63) is 18.5 Å². The number of aromatic nitrogens is 2. The number of nitrogens with two attached hydrogens (primary N) is 1. The number of fused-ring (bicyclic) bond motifs is 1. The third kappa shape index (κ3) is 0.690. The molecule has 0 bridgehead atoms. The Morgan fingerprint density at radius 1 is 1.64 bits per heavy atom. The summed E-state index contributed by atoms with van der Waals surface area (Å²) in [5.41, 5.74) is 7.29. The van der Waals surface area contributed by atoms with Crippen molar-refractivity contribution in [2.24, 2.45) is 0 Å². The Kier molecular flexibility index (Phi) is 1.09. The van der Waals surface area contributed by atoms with Crippen LogP contribution in [-0.4, -0.2) is 16.8 Å². The van der Waals surface area contributed by atoms with Gasteiger partial charge >= 0.3 is 0 Å². The predicted octanol–water partition coefficient (Wildman–Crippen LogP) is 0.610. The Morgan fingerprint density at radius 3 is 3.18 bits per heavy atom. The molecule has 0 atom stereocenters. The van der Waals surface area contributed by atoms with E-state index in [0.717, 1.165) is 16.7 Å². The van der Waals surface area contributed by atoms with E-state index in [0.29, 0.717) is 0 Å². The van der Waals surface area contributed by atoms with Gasteiger partial charge in [-0.2, -0.15) is 4.73 Å². The van der Waals surface area contributed by atoms with Crippen molar-refractivity contribution in [1.82, 2.24) is 9.71 Å². The van der Waals surface area contributed by atoms with Crippen LogP contribution in [0.1, 0.15) is 0 Å². The molecule has 3 N–H and O–H groups in total. The molecule has 2 rings (SSSR count). The van der Waals surface area contributed by atoms with Crippen molar-refractivity contribution in [2.45, 2.75) is 0 Å². The first-order chi connectivity index (χ1) is 5.33. The van der Waals surface area contributed by atoms with Gasteiger partial charge in [0.2, 0.25) is 0 Å². The molecule has 0 unspecified atom stereocenters. The summed E-state index contributed by atoms with van der Waals surface area (Å²) in [6, 6.07) is 1.92. The van der Waals surface area contributed by atoms with Gasteiger partial charge in [0, 0.05) is 11.6 Å². The quantitative estimate of drug-likeness (QED) is 0.627. The lowest BCUT2D eigenvalue weighted by molar-refractivity contribution is 0.178. The molecule has 11 heavy (non-hydrogen) atoms. The zero-order valence-electron chi connectivity index (χ0n) is 6.16. The van der Waals surface area contributed by atoms with E-state index >= 15 is 0 Å². The molecule has 2 heterocycles. The van der Waals surface area contributed by atoms with Crippen molar-refractivity contribution >= 4 is 16.7 Å². The minimum absolute atomic E-state index is 0.725. The summed E-state index contributed by atoms with van der Waals surface area (Å²) >= 11 is 0. The smallest absolute Gasteiger partial charge is 0.155 e. The van der Waals surface area contributed by atoms with Gasteiger partial charge in [-0.3, -0.25) is 0 Å². The lowest BCUT2D eigenvalue weighted by Crippen LogP contribution is -2.03. The van der Waals surface area contributed by atoms with Gasteiger partial charge in [-0.25, -0.2) is 0 Å². The molecule has 2 aromatic heterocycles. The minimum atomic E-state index is 0.725. The van der Waals surface area contributed by atoms with Crippen molar-refractivity contribution < 1.29 is 4.84 Å². The molecule has 0 aliphatic rings. The largest absolute Gasteiger partial charge is 0.416 e. The monoisotopic (exact) mass is 151 g/mol. The van der Waals surface area contributed by atoms with E-state index in [2.05, 4.69) is 4.98 Å². The molecule has 2 aromatic rings. The molecule has 0 aliphatic heterocycles. The highest BCUT2D eigenvalue weighted by molar-refractivity contribution is 5.89. The van der Waals surface area contributed by atoms with Crippen LogP contribution in [0.3, 0.4) is 0 Å². The summed E-state index contributed by atoms with van der Waals surface area (Å²) in [4.78, 5) is 8.03. The van der Waals surface area contributed by atoms with Gasteiger partial charge in [-0.05, 0) is 6.07 Å². The summed E-state index contributed by atoms with van der Waals surface area (Å²) < 4.78 is 1.60. The van der Waals surface area contributed by atoms with Gasteiger partial charge < -0.3 is 15.6 Å². The van der Waals surface area contributed by atoms with Crippen LogP contribution in [-0.2, 0) is 0 Å². The first-order valence-electron chi connectivity index (χ1n) is 3.31. The number of anilines is 1. The van der Waals surface area contributed by atoms with Crippen molar-refractivity contribution in [3.8, 4) is 0 Å². The summed E-state index contributed by atoms with van der Waals surface area (Å²) in [7, 11) is 1.60. The Bertz CT molecular complexity index is 374. The highest BCUT2D eigenvalue weighted by Crippen LogP contribution is 2.20. The van der Waals surface area contributed by atoms with Crippen LogP contribution in [0, 0.1) is 0 Å². The van der Waals surface area contributed by atoms with Crippen LogP contribution in [0.5, 0.6) is 0 Å². The molecule has 4 nitrogen and oxygen atoms in total. The average Bonchev–Trinajstić information content (AvgIpc) is 2.54. The fourth-order valence-corrected chi connectivity index (χ4v) is 1.18. The van der Waals surface area contributed by atoms with Crippen molar-refractivity contribution in [2.75, 3.05) is 12.8 Å². The third-order valence-corrected chi connectivity index (χ3v) is 1.71. The van der Waals surface area contributed by atoms with Crippen LogP contribution in [0.4, 0.5) is 5.69 Å². The number of hydrogen-bond acceptors (Lipinski definition) is 2. The molecule has 0 amide bonds. The van der Waals surface area contributed by atoms with Crippen LogP contribution in [0.15, 0.2) is 18.5 Å².